The summed E-state index contributed by atoms with van der Waals surface area (Å²) in [6.07, 6.45) is 1.54. The van der Waals surface area contributed by atoms with Gasteiger partial charge in [-0.05, 0) is 30.7 Å². The Morgan fingerprint density at radius 2 is 1.94 bits per heavy atom. The van der Waals surface area contributed by atoms with Gasteiger partial charge in [-0.2, -0.15) is 9.49 Å². The molecule has 4 rings (SSSR count). The van der Waals surface area contributed by atoms with Gasteiger partial charge < -0.3 is 9.47 Å². The van der Waals surface area contributed by atoms with Crippen LogP contribution in [0.5, 0.6) is 17.2 Å². The second-order valence-corrected chi connectivity index (χ2v) is 7.10. The van der Waals surface area contributed by atoms with Crippen molar-refractivity contribution in [2.24, 2.45) is 0 Å². The van der Waals surface area contributed by atoms with Crippen molar-refractivity contribution in [1.29, 1.82) is 0 Å². The summed E-state index contributed by atoms with van der Waals surface area (Å²) in [6, 6.07) is 11.0. The topological polar surface area (TPSA) is 92.3 Å². The maximum absolute atomic E-state index is 14.1. The molecule has 0 fully saturated rings. The van der Waals surface area contributed by atoms with Crippen LogP contribution in [-0.4, -0.2) is 26.8 Å². The van der Waals surface area contributed by atoms with Gasteiger partial charge in [0.2, 0.25) is 5.82 Å². The van der Waals surface area contributed by atoms with E-state index in [0.717, 1.165) is 23.4 Å². The third-order valence-electron chi connectivity index (χ3n) is 4.68. The van der Waals surface area contributed by atoms with Gasteiger partial charge >= 0.3 is 5.69 Å². The Balaban J connectivity index is 1.70. The monoisotopic (exact) mass is 442 g/mol. The van der Waals surface area contributed by atoms with Gasteiger partial charge in [0.25, 0.3) is 0 Å². The number of fused-ring (bicyclic) bond motifs is 1. The zero-order valence-corrected chi connectivity index (χ0v) is 17.3. The number of hydrogen-bond acceptors (Lipinski definition) is 6. The van der Waals surface area contributed by atoms with E-state index in [1.54, 1.807) is 31.0 Å². The molecular weight excluding hydrogens is 427 g/mol. The number of nitro groups is 1. The van der Waals surface area contributed by atoms with Gasteiger partial charge in [-0.1, -0.05) is 23.7 Å². The predicted molar refractivity (Wildman–Crippen MR) is 112 cm³/mol. The van der Waals surface area contributed by atoms with Crippen LogP contribution in [0.4, 0.5) is 10.1 Å². The first-order valence-corrected chi connectivity index (χ1v) is 9.51. The molecule has 0 amide bonds. The van der Waals surface area contributed by atoms with Gasteiger partial charge in [0.15, 0.2) is 5.65 Å². The minimum absolute atomic E-state index is 0.0421. The van der Waals surface area contributed by atoms with Crippen LogP contribution in [0.1, 0.15) is 11.3 Å². The van der Waals surface area contributed by atoms with Gasteiger partial charge in [-0.15, -0.1) is 0 Å². The average molecular weight is 443 g/mol. The largest absolute Gasteiger partial charge is 0.497 e. The molecule has 0 aliphatic carbocycles. The molecule has 2 heterocycles. The Morgan fingerprint density at radius 1 is 1.19 bits per heavy atom. The van der Waals surface area contributed by atoms with Crippen LogP contribution in [0.25, 0.3) is 11.0 Å². The van der Waals surface area contributed by atoms with E-state index in [1.807, 2.05) is 24.3 Å². The fourth-order valence-corrected chi connectivity index (χ4v) is 3.40. The van der Waals surface area contributed by atoms with Crippen molar-refractivity contribution in [3.8, 4) is 17.2 Å². The Bertz CT molecular complexity index is 1290. The number of nitro benzene ring substituents is 1. The fourth-order valence-electron chi connectivity index (χ4n) is 3.20. The zero-order valence-electron chi connectivity index (χ0n) is 16.5. The first-order valence-electron chi connectivity index (χ1n) is 9.13. The maximum atomic E-state index is 14.1. The summed E-state index contributed by atoms with van der Waals surface area (Å²) in [5.74, 6) is 0.0334. The van der Waals surface area contributed by atoms with E-state index < -0.39 is 16.4 Å². The lowest BCUT2D eigenvalue weighted by atomic mass is 10.2. The highest BCUT2D eigenvalue weighted by Gasteiger charge is 2.20. The lowest BCUT2D eigenvalue weighted by molar-refractivity contribution is -0.387. The van der Waals surface area contributed by atoms with E-state index in [-0.39, 0.29) is 10.8 Å². The summed E-state index contributed by atoms with van der Waals surface area (Å²) in [5, 5.41) is 16.0. The summed E-state index contributed by atoms with van der Waals surface area (Å²) in [5.41, 5.74) is 1.51. The highest BCUT2D eigenvalue weighted by atomic mass is 35.5. The summed E-state index contributed by atoms with van der Waals surface area (Å²) < 4.78 is 26.8. The van der Waals surface area contributed by atoms with Crippen LogP contribution in [-0.2, 0) is 6.54 Å². The number of ether oxygens (including phenoxy) is 2. The molecule has 10 heteroatoms. The van der Waals surface area contributed by atoms with Crippen molar-refractivity contribution in [3.63, 3.8) is 0 Å². The van der Waals surface area contributed by atoms with Crippen LogP contribution < -0.4 is 9.47 Å². The molecule has 0 saturated heterocycles. The molecule has 0 radical (unpaired) electrons. The molecule has 2 aromatic heterocycles. The second kappa shape index (κ2) is 8.19. The first-order chi connectivity index (χ1) is 14.9. The number of methoxy groups -OCH3 is 1. The molecule has 158 valence electrons. The van der Waals surface area contributed by atoms with Gasteiger partial charge in [-0.3, -0.25) is 10.1 Å². The lowest BCUT2D eigenvalue weighted by Crippen LogP contribution is -2.03. The van der Waals surface area contributed by atoms with E-state index in [0.29, 0.717) is 29.0 Å². The van der Waals surface area contributed by atoms with Gasteiger partial charge in [-0.25, -0.2) is 9.67 Å². The number of pyridine rings is 1. The van der Waals surface area contributed by atoms with Crippen molar-refractivity contribution in [3.05, 3.63) is 80.9 Å². The molecule has 4 aromatic rings. The molecule has 0 atom stereocenters. The van der Waals surface area contributed by atoms with E-state index in [2.05, 4.69) is 10.1 Å². The van der Waals surface area contributed by atoms with Crippen LogP contribution >= 0.6 is 11.6 Å². The van der Waals surface area contributed by atoms with Gasteiger partial charge in [0.1, 0.15) is 17.2 Å². The van der Waals surface area contributed by atoms with Crippen molar-refractivity contribution >= 4 is 28.3 Å². The molecule has 0 unspecified atom stereocenters. The Kier molecular flexibility index (Phi) is 5.43. The van der Waals surface area contributed by atoms with Crippen LogP contribution in [0.2, 0.25) is 5.02 Å². The third-order valence-corrected chi connectivity index (χ3v) is 4.97. The van der Waals surface area contributed by atoms with Gasteiger partial charge in [0, 0.05) is 18.3 Å². The van der Waals surface area contributed by atoms with E-state index in [4.69, 9.17) is 21.1 Å². The smallest absolute Gasteiger partial charge is 0.306 e. The highest BCUT2D eigenvalue weighted by molar-refractivity contribution is 6.32. The molecule has 0 aliphatic heterocycles. The molecule has 0 bridgehead atoms. The summed E-state index contributed by atoms with van der Waals surface area (Å²) in [6.45, 7) is 2.27. The molecule has 0 aliphatic rings. The number of nitrogens with zero attached hydrogens (tertiary/aromatic N) is 4. The zero-order chi connectivity index (χ0) is 22.1. The normalized spacial score (nSPS) is 11.0. The lowest BCUT2D eigenvalue weighted by Gasteiger charge is -2.09. The fraction of sp³-hybridized carbons (Fsp3) is 0.143. The average Bonchev–Trinajstić information content (AvgIpc) is 3.07. The number of aromatic nitrogens is 3. The molecule has 0 N–H and O–H groups in total. The number of hydrogen-bond donors (Lipinski definition) is 0. The highest BCUT2D eigenvalue weighted by Crippen LogP contribution is 2.37. The second-order valence-electron chi connectivity index (χ2n) is 6.69. The summed E-state index contributed by atoms with van der Waals surface area (Å²) >= 11 is 6.08. The molecule has 8 nitrogen and oxygen atoms in total. The Labute approximate surface area is 180 Å². The molecule has 2 aromatic carbocycles. The summed E-state index contributed by atoms with van der Waals surface area (Å²) in [7, 11) is 1.61. The van der Waals surface area contributed by atoms with Crippen molar-refractivity contribution in [1.82, 2.24) is 14.8 Å². The minimum atomic E-state index is -1.04. The van der Waals surface area contributed by atoms with Crippen molar-refractivity contribution in [2.75, 3.05) is 7.11 Å². The van der Waals surface area contributed by atoms with Crippen molar-refractivity contribution < 1.29 is 18.8 Å². The molecule has 0 spiro atoms. The van der Waals surface area contributed by atoms with Crippen LogP contribution in [0.15, 0.2) is 48.7 Å². The minimum Gasteiger partial charge on any atom is -0.497 e. The maximum Gasteiger partial charge on any atom is 0.306 e. The van der Waals surface area contributed by atoms with E-state index in [9.17, 15) is 14.5 Å². The van der Waals surface area contributed by atoms with Crippen LogP contribution in [0.3, 0.4) is 0 Å². The van der Waals surface area contributed by atoms with Gasteiger partial charge in [0.05, 0.1) is 34.7 Å². The number of benzene rings is 2. The van der Waals surface area contributed by atoms with E-state index >= 15 is 0 Å². The Hall–Kier alpha value is -3.72. The SMILES string of the molecule is COc1ccc(Cn2nc(C)c3c(Oc4cc(F)c([N+](=O)[O-])cc4Cl)ccnc32)cc1. The molecule has 31 heavy (non-hydrogen) atoms. The molecule has 0 saturated carbocycles. The standard InChI is InChI=1S/C21H16ClFN4O4/c1-12-20-18(31-19-10-16(23)17(27(28)29)9-15(19)22)7-8-24-21(20)26(25-12)11-13-3-5-14(30-2)6-4-13/h3-10H,11H2,1-2H3. The quantitative estimate of drug-likeness (QED) is 0.297. The van der Waals surface area contributed by atoms with E-state index in [1.165, 1.54) is 0 Å². The number of aryl methyl sites for hydroxylation is 1. The summed E-state index contributed by atoms with van der Waals surface area (Å²) in [4.78, 5) is 14.5. The number of rotatable bonds is 6. The van der Waals surface area contributed by atoms with Crippen LogP contribution in [0, 0.1) is 22.9 Å². The Morgan fingerprint density at radius 3 is 2.61 bits per heavy atom. The van der Waals surface area contributed by atoms with Crippen molar-refractivity contribution in [2.45, 2.75) is 13.5 Å². The first kappa shape index (κ1) is 20.5. The molecular formula is C21H16ClFN4O4. The predicted octanol–water partition coefficient (Wildman–Crippen LogP) is 5.29. The third kappa shape index (κ3) is 3.99. The number of halogens is 2.